The van der Waals surface area contributed by atoms with Crippen LogP contribution < -0.4 is 16.1 Å². The Hall–Kier alpha value is -3.18. The van der Waals surface area contributed by atoms with E-state index in [4.69, 9.17) is 5.21 Å². The van der Waals surface area contributed by atoms with Gasteiger partial charge in [-0.15, -0.1) is 0 Å². The molecule has 2 atom stereocenters. The van der Waals surface area contributed by atoms with Crippen molar-refractivity contribution in [2.75, 3.05) is 6.54 Å². The maximum Gasteiger partial charge on any atom is 0.268 e. The van der Waals surface area contributed by atoms with Crippen LogP contribution >= 0.6 is 0 Å². The minimum atomic E-state index is -1.26. The molecule has 7 heteroatoms. The summed E-state index contributed by atoms with van der Waals surface area (Å²) in [4.78, 5) is 23.9. The molecule has 0 saturated heterocycles. The molecule has 0 bridgehead atoms. The average molecular weight is 454 g/mol. The second kappa shape index (κ2) is 14.8. The highest BCUT2D eigenvalue weighted by Gasteiger charge is 2.25. The first-order valence-corrected chi connectivity index (χ1v) is 10.8. The lowest BCUT2D eigenvalue weighted by molar-refractivity contribution is -0.133. The van der Waals surface area contributed by atoms with Gasteiger partial charge in [-0.2, -0.15) is 0 Å². The molecule has 0 unspecified atom stereocenters. The zero-order valence-corrected chi connectivity index (χ0v) is 18.5. The van der Waals surface area contributed by atoms with E-state index in [1.165, 1.54) is 37.2 Å². The van der Waals surface area contributed by atoms with Crippen molar-refractivity contribution in [2.45, 2.75) is 59.2 Å². The molecule has 2 aromatic rings. The summed E-state index contributed by atoms with van der Waals surface area (Å²) in [7, 11) is 0. The molecule has 2 rings (SSSR count). The van der Waals surface area contributed by atoms with Crippen molar-refractivity contribution in [2.24, 2.45) is 0 Å². The summed E-state index contributed by atoms with van der Waals surface area (Å²) in [5.41, 5.74) is 4.59. The Kier molecular flexibility index (Phi) is 12.5. The first kappa shape index (κ1) is 27.9. The summed E-state index contributed by atoms with van der Waals surface area (Å²) >= 11 is 0. The van der Waals surface area contributed by atoms with Crippen molar-refractivity contribution < 1.29 is 19.9 Å². The summed E-state index contributed by atoms with van der Waals surface area (Å²) in [5, 5.41) is 24.2. The number of hydrogen-bond donors (Lipinski definition) is 5. The summed E-state index contributed by atoms with van der Waals surface area (Å²) in [5.74, 6) is 4.73. The number of amides is 2. The monoisotopic (exact) mass is 453 g/mol. The molecular weight excluding hydrogens is 418 g/mol. The smallest absolute Gasteiger partial charge is 0.268 e. The Bertz CT molecular complexity index is 929. The fourth-order valence-corrected chi connectivity index (χ4v) is 2.99. The van der Waals surface area contributed by atoms with E-state index in [2.05, 4.69) is 41.5 Å². The average Bonchev–Trinajstić information content (AvgIpc) is 2.81. The number of carbonyl (C=O) groups is 2. The van der Waals surface area contributed by atoms with Crippen molar-refractivity contribution in [3.05, 3.63) is 70.8 Å². The van der Waals surface area contributed by atoms with E-state index >= 15 is 0 Å². The fourth-order valence-electron chi connectivity index (χ4n) is 2.99. The van der Waals surface area contributed by atoms with Crippen molar-refractivity contribution in [1.82, 2.24) is 16.1 Å². The molecule has 0 fully saturated rings. The summed E-state index contributed by atoms with van der Waals surface area (Å²) < 4.78 is 0. The molecule has 0 heterocycles. The number of nitrogens with one attached hydrogen (secondary N) is 3. The fraction of sp³-hybridized carbons (Fsp3) is 0.385. The highest BCUT2D eigenvalue weighted by Crippen LogP contribution is 2.07. The molecule has 178 valence electrons. The third-order valence-corrected chi connectivity index (χ3v) is 4.90. The second-order valence-corrected chi connectivity index (χ2v) is 7.58. The first-order chi connectivity index (χ1) is 15.4. The Morgan fingerprint density at radius 2 is 1.55 bits per heavy atom. The van der Waals surface area contributed by atoms with Crippen molar-refractivity contribution in [3.8, 4) is 11.8 Å². The van der Waals surface area contributed by atoms with Gasteiger partial charge in [-0.1, -0.05) is 51.2 Å². The number of hydroxylamine groups is 1. The SMILES string of the molecule is C.CCCCCNCc1ccc(C#Cc2ccc(C(=O)N[C@H](C(=O)NO)[C@@H](C)O)cc2)cc1. The number of carbonyl (C=O) groups excluding carboxylic acids is 2. The standard InChI is InChI=1S/C25H31N3O4.CH4/c1-3-4-5-16-26-17-21-10-8-19(9-11-21)6-7-20-12-14-22(15-13-20)24(30)27-23(18(2)29)25(31)28-32;/h8-15,18,23,26,29,32H,3-5,16-17H2,1-2H3,(H,27,30)(H,28,31);1H4/t18-,23+;/m1./s1. The van der Waals surface area contributed by atoms with Gasteiger partial charge in [0.1, 0.15) is 6.04 Å². The number of benzene rings is 2. The van der Waals surface area contributed by atoms with Gasteiger partial charge in [0.2, 0.25) is 0 Å². The molecule has 2 amide bonds. The highest BCUT2D eigenvalue weighted by atomic mass is 16.5. The van der Waals surface area contributed by atoms with Gasteiger partial charge in [-0.25, -0.2) is 5.48 Å². The number of aliphatic hydroxyl groups excluding tert-OH is 1. The Labute approximate surface area is 196 Å². The van der Waals surface area contributed by atoms with Gasteiger partial charge in [-0.05, 0) is 61.9 Å². The van der Waals surface area contributed by atoms with E-state index in [-0.39, 0.29) is 7.43 Å². The maximum atomic E-state index is 12.3. The van der Waals surface area contributed by atoms with E-state index in [0.717, 1.165) is 24.2 Å². The summed E-state index contributed by atoms with van der Waals surface area (Å²) in [6, 6.07) is 13.4. The van der Waals surface area contributed by atoms with Crippen LogP contribution in [0.4, 0.5) is 0 Å². The van der Waals surface area contributed by atoms with E-state index in [1.807, 2.05) is 12.1 Å². The van der Waals surface area contributed by atoms with Crippen LogP contribution in [0.5, 0.6) is 0 Å². The van der Waals surface area contributed by atoms with Gasteiger partial charge in [0.25, 0.3) is 11.8 Å². The van der Waals surface area contributed by atoms with E-state index < -0.39 is 24.0 Å². The summed E-state index contributed by atoms with van der Waals surface area (Å²) in [6.45, 7) is 5.41. The van der Waals surface area contributed by atoms with Crippen molar-refractivity contribution in [1.29, 1.82) is 0 Å². The largest absolute Gasteiger partial charge is 0.391 e. The van der Waals surface area contributed by atoms with Crippen LogP contribution in [0.25, 0.3) is 0 Å². The number of rotatable bonds is 10. The van der Waals surface area contributed by atoms with Gasteiger partial charge in [0.05, 0.1) is 6.10 Å². The van der Waals surface area contributed by atoms with E-state index in [0.29, 0.717) is 5.56 Å². The predicted octanol–water partition coefficient (Wildman–Crippen LogP) is 2.99. The molecule has 0 saturated carbocycles. The zero-order chi connectivity index (χ0) is 23.3. The molecule has 0 aliphatic heterocycles. The van der Waals surface area contributed by atoms with Crippen LogP contribution in [0.15, 0.2) is 48.5 Å². The first-order valence-electron chi connectivity index (χ1n) is 10.8. The van der Waals surface area contributed by atoms with E-state index in [9.17, 15) is 14.7 Å². The maximum absolute atomic E-state index is 12.3. The number of aliphatic hydroxyl groups is 1. The van der Waals surface area contributed by atoms with Crippen molar-refractivity contribution >= 4 is 11.8 Å². The van der Waals surface area contributed by atoms with Crippen LogP contribution in [-0.2, 0) is 11.3 Å². The molecule has 2 aromatic carbocycles. The molecule has 7 nitrogen and oxygen atoms in total. The van der Waals surface area contributed by atoms with Gasteiger partial charge in [0.15, 0.2) is 0 Å². The highest BCUT2D eigenvalue weighted by molar-refractivity contribution is 5.97. The Morgan fingerprint density at radius 1 is 0.970 bits per heavy atom. The minimum absolute atomic E-state index is 0. The lowest BCUT2D eigenvalue weighted by atomic mass is 10.1. The third kappa shape index (κ3) is 9.46. The molecule has 0 radical (unpaired) electrons. The molecule has 5 N–H and O–H groups in total. The summed E-state index contributed by atoms with van der Waals surface area (Å²) in [6.07, 6.45) is 2.49. The zero-order valence-electron chi connectivity index (χ0n) is 18.5. The quantitative estimate of drug-likeness (QED) is 0.164. The van der Waals surface area contributed by atoms with E-state index in [1.54, 1.807) is 24.3 Å². The predicted molar refractivity (Wildman–Crippen MR) is 130 cm³/mol. The minimum Gasteiger partial charge on any atom is -0.391 e. The van der Waals surface area contributed by atoms with Gasteiger partial charge in [0, 0.05) is 23.2 Å². The Morgan fingerprint density at radius 3 is 2.06 bits per heavy atom. The van der Waals surface area contributed by atoms with Gasteiger partial charge >= 0.3 is 0 Å². The number of hydrogen-bond acceptors (Lipinski definition) is 5. The van der Waals surface area contributed by atoms with Crippen molar-refractivity contribution in [3.63, 3.8) is 0 Å². The lowest BCUT2D eigenvalue weighted by Gasteiger charge is -2.19. The van der Waals surface area contributed by atoms with Gasteiger partial charge < -0.3 is 15.7 Å². The molecule has 33 heavy (non-hydrogen) atoms. The van der Waals surface area contributed by atoms with Crippen LogP contribution in [0.1, 0.15) is 67.6 Å². The molecular formula is C26H35N3O4. The van der Waals surface area contributed by atoms with Crippen LogP contribution in [0, 0.1) is 11.8 Å². The molecule has 0 spiro atoms. The lowest BCUT2D eigenvalue weighted by Crippen LogP contribution is -2.51. The van der Waals surface area contributed by atoms with Crippen LogP contribution in [-0.4, -0.2) is 40.8 Å². The van der Waals surface area contributed by atoms with Crippen LogP contribution in [0.2, 0.25) is 0 Å². The second-order valence-electron chi connectivity index (χ2n) is 7.58. The topological polar surface area (TPSA) is 111 Å². The molecule has 0 aromatic heterocycles. The van der Waals surface area contributed by atoms with Crippen LogP contribution in [0.3, 0.4) is 0 Å². The molecule has 0 aliphatic carbocycles. The normalized spacial score (nSPS) is 11.9. The Balaban J connectivity index is 0.00000544. The molecule has 0 aliphatic rings. The van der Waals surface area contributed by atoms with Gasteiger partial charge in [-0.3, -0.25) is 14.8 Å². The number of unbranched alkanes of at least 4 members (excludes halogenated alkanes) is 2. The third-order valence-electron chi connectivity index (χ3n) is 4.90.